The highest BCUT2D eigenvalue weighted by Crippen LogP contribution is 2.30. The molecule has 4 heteroatoms. The Balaban J connectivity index is 1.94. The molecule has 0 spiro atoms. The molecule has 1 fully saturated rings. The van der Waals surface area contributed by atoms with E-state index in [1.807, 2.05) is 19.1 Å². The SMILES string of the molecule is CCCOC1C(NCC)CC1Oc1cccnc1C. The van der Waals surface area contributed by atoms with Crippen molar-refractivity contribution in [3.63, 3.8) is 0 Å². The molecule has 1 N–H and O–H groups in total. The van der Waals surface area contributed by atoms with Crippen molar-refractivity contribution >= 4 is 0 Å². The van der Waals surface area contributed by atoms with Gasteiger partial charge in [-0.25, -0.2) is 0 Å². The van der Waals surface area contributed by atoms with Gasteiger partial charge in [0.15, 0.2) is 0 Å². The van der Waals surface area contributed by atoms with Crippen LogP contribution in [-0.2, 0) is 4.74 Å². The molecule has 0 aromatic carbocycles. The van der Waals surface area contributed by atoms with Crippen molar-refractivity contribution in [3.8, 4) is 5.75 Å². The third-order valence-electron chi connectivity index (χ3n) is 3.47. The largest absolute Gasteiger partial charge is 0.486 e. The molecule has 1 saturated carbocycles. The molecule has 4 nitrogen and oxygen atoms in total. The first-order valence-electron chi connectivity index (χ1n) is 7.19. The minimum atomic E-state index is 0.137. The molecule has 1 aromatic rings. The molecule has 106 valence electrons. The molecular formula is C15H24N2O2. The van der Waals surface area contributed by atoms with E-state index in [0.29, 0.717) is 6.04 Å². The van der Waals surface area contributed by atoms with Crippen molar-refractivity contribution in [2.24, 2.45) is 0 Å². The van der Waals surface area contributed by atoms with E-state index in [4.69, 9.17) is 9.47 Å². The average molecular weight is 264 g/mol. The van der Waals surface area contributed by atoms with Gasteiger partial charge in [-0.15, -0.1) is 0 Å². The highest BCUT2D eigenvalue weighted by molar-refractivity contribution is 5.26. The van der Waals surface area contributed by atoms with Crippen LogP contribution in [0, 0.1) is 6.92 Å². The number of nitrogens with zero attached hydrogens (tertiary/aromatic N) is 1. The fourth-order valence-electron chi connectivity index (χ4n) is 2.39. The van der Waals surface area contributed by atoms with Crippen molar-refractivity contribution in [2.45, 2.75) is 51.9 Å². The van der Waals surface area contributed by atoms with E-state index in [9.17, 15) is 0 Å². The first-order valence-corrected chi connectivity index (χ1v) is 7.19. The number of nitrogens with one attached hydrogen (secondary N) is 1. The zero-order valence-electron chi connectivity index (χ0n) is 12.1. The van der Waals surface area contributed by atoms with E-state index in [1.54, 1.807) is 6.20 Å². The standard InChI is InChI=1S/C15H24N2O2/c1-4-9-18-15-12(16-5-2)10-14(15)19-13-7-6-8-17-11(13)3/h6-8,12,14-16H,4-5,9-10H2,1-3H3. The zero-order chi connectivity index (χ0) is 13.7. The van der Waals surface area contributed by atoms with Crippen LogP contribution in [0.3, 0.4) is 0 Å². The van der Waals surface area contributed by atoms with E-state index in [0.717, 1.165) is 37.4 Å². The summed E-state index contributed by atoms with van der Waals surface area (Å²) >= 11 is 0. The number of hydrogen-bond donors (Lipinski definition) is 1. The van der Waals surface area contributed by atoms with E-state index >= 15 is 0 Å². The molecule has 3 unspecified atom stereocenters. The summed E-state index contributed by atoms with van der Waals surface area (Å²) in [6.45, 7) is 7.98. The van der Waals surface area contributed by atoms with Crippen LogP contribution < -0.4 is 10.1 Å². The summed E-state index contributed by atoms with van der Waals surface area (Å²) in [5, 5.41) is 3.45. The number of ether oxygens (including phenoxy) is 2. The van der Waals surface area contributed by atoms with Crippen LogP contribution in [0.1, 0.15) is 32.4 Å². The molecule has 1 heterocycles. The summed E-state index contributed by atoms with van der Waals surface area (Å²) in [5.74, 6) is 0.868. The molecule has 3 atom stereocenters. The second-order valence-corrected chi connectivity index (χ2v) is 4.98. The summed E-state index contributed by atoms with van der Waals surface area (Å²) in [5.41, 5.74) is 0.934. The fraction of sp³-hybridized carbons (Fsp3) is 0.667. The maximum atomic E-state index is 6.04. The van der Waals surface area contributed by atoms with Crippen molar-refractivity contribution in [1.29, 1.82) is 0 Å². The predicted octanol–water partition coefficient (Wildman–Crippen LogP) is 2.31. The van der Waals surface area contributed by atoms with Gasteiger partial charge in [0.05, 0.1) is 5.69 Å². The number of rotatable bonds is 7. The van der Waals surface area contributed by atoms with Gasteiger partial charge in [-0.1, -0.05) is 13.8 Å². The highest BCUT2D eigenvalue weighted by atomic mass is 16.5. The molecule has 0 bridgehead atoms. The lowest BCUT2D eigenvalue weighted by molar-refractivity contribution is -0.107. The van der Waals surface area contributed by atoms with E-state index < -0.39 is 0 Å². The summed E-state index contributed by atoms with van der Waals surface area (Å²) in [4.78, 5) is 4.25. The van der Waals surface area contributed by atoms with Gasteiger partial charge in [0, 0.05) is 25.3 Å². The molecule has 1 aliphatic rings. The first kappa shape index (κ1) is 14.3. The lowest BCUT2D eigenvalue weighted by Gasteiger charge is -2.44. The zero-order valence-corrected chi connectivity index (χ0v) is 12.1. The Morgan fingerprint density at radius 3 is 2.95 bits per heavy atom. The summed E-state index contributed by atoms with van der Waals surface area (Å²) < 4.78 is 11.9. The quantitative estimate of drug-likeness (QED) is 0.820. The van der Waals surface area contributed by atoms with E-state index in [2.05, 4.69) is 24.1 Å². The summed E-state index contributed by atoms with van der Waals surface area (Å²) in [7, 11) is 0. The van der Waals surface area contributed by atoms with Crippen molar-refractivity contribution < 1.29 is 9.47 Å². The van der Waals surface area contributed by atoms with Gasteiger partial charge in [0.25, 0.3) is 0 Å². The van der Waals surface area contributed by atoms with Gasteiger partial charge in [-0.05, 0) is 32.0 Å². The minimum Gasteiger partial charge on any atom is -0.486 e. The Hall–Kier alpha value is -1.13. The first-order chi connectivity index (χ1) is 9.26. The third-order valence-corrected chi connectivity index (χ3v) is 3.47. The number of likely N-dealkylation sites (N-methyl/N-ethyl adjacent to an activating group) is 1. The molecule has 1 aromatic heterocycles. The molecule has 1 aliphatic carbocycles. The second kappa shape index (κ2) is 6.87. The highest BCUT2D eigenvalue weighted by Gasteiger charge is 2.43. The number of aromatic nitrogens is 1. The molecule has 0 saturated heterocycles. The Labute approximate surface area is 115 Å². The maximum absolute atomic E-state index is 6.04. The van der Waals surface area contributed by atoms with Crippen molar-refractivity contribution in [2.75, 3.05) is 13.2 Å². The average Bonchev–Trinajstić information content (AvgIpc) is 2.40. The lowest BCUT2D eigenvalue weighted by Crippen LogP contribution is -2.61. The molecule has 0 radical (unpaired) electrons. The Morgan fingerprint density at radius 1 is 1.42 bits per heavy atom. The van der Waals surface area contributed by atoms with Gasteiger partial charge in [0.2, 0.25) is 0 Å². The van der Waals surface area contributed by atoms with Crippen LogP contribution in [0.15, 0.2) is 18.3 Å². The van der Waals surface area contributed by atoms with Crippen LogP contribution >= 0.6 is 0 Å². The Bertz CT molecular complexity index is 397. The monoisotopic (exact) mass is 264 g/mol. The van der Waals surface area contributed by atoms with Gasteiger partial charge < -0.3 is 14.8 Å². The Morgan fingerprint density at radius 2 is 2.26 bits per heavy atom. The fourth-order valence-corrected chi connectivity index (χ4v) is 2.39. The van der Waals surface area contributed by atoms with E-state index in [1.165, 1.54) is 0 Å². The van der Waals surface area contributed by atoms with Gasteiger partial charge in [-0.2, -0.15) is 0 Å². The van der Waals surface area contributed by atoms with Gasteiger partial charge in [-0.3, -0.25) is 4.98 Å². The van der Waals surface area contributed by atoms with Crippen molar-refractivity contribution in [1.82, 2.24) is 10.3 Å². The van der Waals surface area contributed by atoms with E-state index in [-0.39, 0.29) is 12.2 Å². The second-order valence-electron chi connectivity index (χ2n) is 4.98. The molecular weight excluding hydrogens is 240 g/mol. The number of hydrogen-bond acceptors (Lipinski definition) is 4. The summed E-state index contributed by atoms with van der Waals surface area (Å²) in [6.07, 6.45) is 4.11. The molecule has 0 aliphatic heterocycles. The van der Waals surface area contributed by atoms with Crippen LogP contribution in [0.5, 0.6) is 5.75 Å². The van der Waals surface area contributed by atoms with Gasteiger partial charge >= 0.3 is 0 Å². The van der Waals surface area contributed by atoms with Crippen LogP contribution in [0.2, 0.25) is 0 Å². The predicted molar refractivity (Wildman–Crippen MR) is 75.5 cm³/mol. The normalized spacial score (nSPS) is 25.9. The maximum Gasteiger partial charge on any atom is 0.141 e. The molecule has 19 heavy (non-hydrogen) atoms. The number of pyridine rings is 1. The minimum absolute atomic E-state index is 0.137. The van der Waals surface area contributed by atoms with Gasteiger partial charge in [0.1, 0.15) is 18.0 Å². The van der Waals surface area contributed by atoms with Crippen LogP contribution in [0.25, 0.3) is 0 Å². The van der Waals surface area contributed by atoms with Crippen LogP contribution in [-0.4, -0.2) is 36.4 Å². The van der Waals surface area contributed by atoms with Crippen LogP contribution in [0.4, 0.5) is 0 Å². The molecule has 2 rings (SSSR count). The molecule has 0 amide bonds. The third kappa shape index (κ3) is 3.45. The number of aryl methyl sites for hydroxylation is 1. The Kier molecular flexibility index (Phi) is 5.16. The lowest BCUT2D eigenvalue weighted by atomic mass is 9.85. The van der Waals surface area contributed by atoms with Crippen molar-refractivity contribution in [3.05, 3.63) is 24.0 Å². The smallest absolute Gasteiger partial charge is 0.141 e. The topological polar surface area (TPSA) is 43.4 Å². The summed E-state index contributed by atoms with van der Waals surface area (Å²) in [6, 6.07) is 4.29.